The lowest BCUT2D eigenvalue weighted by molar-refractivity contribution is -0.140. The Hall–Kier alpha value is -4.91. The van der Waals surface area contributed by atoms with Crippen molar-refractivity contribution in [1.29, 1.82) is 0 Å². The Morgan fingerprint density at radius 1 is 0.875 bits per heavy atom. The number of carbonyl (C=O) groups is 2. The third-order valence-corrected chi connectivity index (χ3v) is 6.94. The SMILES string of the molecule is Cc1oc(-c2ccccc2)nc1CCN(Cc1ccc(CC(C(=O)O)n2cccc2)cc1)C(=O)c1ccccc1. The molecule has 0 spiro atoms. The zero-order valence-corrected chi connectivity index (χ0v) is 22.3. The summed E-state index contributed by atoms with van der Waals surface area (Å²) in [5.41, 5.74) is 4.23. The van der Waals surface area contributed by atoms with Crippen molar-refractivity contribution < 1.29 is 19.1 Å². The molecule has 1 atom stereocenters. The predicted molar refractivity (Wildman–Crippen MR) is 153 cm³/mol. The molecular weight excluding hydrogens is 502 g/mol. The van der Waals surface area contributed by atoms with Crippen molar-refractivity contribution in [3.63, 3.8) is 0 Å². The number of benzene rings is 3. The van der Waals surface area contributed by atoms with Crippen molar-refractivity contribution in [2.24, 2.45) is 0 Å². The van der Waals surface area contributed by atoms with E-state index in [0.717, 1.165) is 28.1 Å². The Morgan fingerprint density at radius 3 is 2.15 bits per heavy atom. The maximum Gasteiger partial charge on any atom is 0.327 e. The van der Waals surface area contributed by atoms with E-state index in [9.17, 15) is 14.7 Å². The molecule has 40 heavy (non-hydrogen) atoms. The number of oxazole rings is 1. The number of hydrogen-bond donors (Lipinski definition) is 1. The lowest BCUT2D eigenvalue weighted by Gasteiger charge is -2.23. The fraction of sp³-hybridized carbons (Fsp3) is 0.182. The van der Waals surface area contributed by atoms with Gasteiger partial charge < -0.3 is 19.0 Å². The fourth-order valence-corrected chi connectivity index (χ4v) is 4.72. The van der Waals surface area contributed by atoms with Crippen LogP contribution in [0.15, 0.2) is 114 Å². The third kappa shape index (κ3) is 6.38. The molecule has 0 aliphatic rings. The lowest BCUT2D eigenvalue weighted by Crippen LogP contribution is -2.32. The van der Waals surface area contributed by atoms with E-state index >= 15 is 0 Å². The molecule has 0 radical (unpaired) electrons. The van der Waals surface area contributed by atoms with Gasteiger partial charge in [-0.05, 0) is 54.4 Å². The monoisotopic (exact) mass is 533 g/mol. The summed E-state index contributed by atoms with van der Waals surface area (Å²) < 4.78 is 7.63. The molecule has 0 saturated carbocycles. The molecule has 5 aromatic rings. The Labute approximate surface area is 233 Å². The molecule has 1 N–H and O–H groups in total. The zero-order valence-electron chi connectivity index (χ0n) is 22.3. The summed E-state index contributed by atoms with van der Waals surface area (Å²) in [5.74, 6) is 0.376. The van der Waals surface area contributed by atoms with E-state index in [4.69, 9.17) is 9.40 Å². The number of carboxylic acids is 1. The van der Waals surface area contributed by atoms with Crippen LogP contribution in [0.25, 0.3) is 11.5 Å². The third-order valence-electron chi connectivity index (χ3n) is 6.94. The molecule has 0 fully saturated rings. The summed E-state index contributed by atoms with van der Waals surface area (Å²) in [7, 11) is 0. The van der Waals surface area contributed by atoms with Gasteiger partial charge in [0.05, 0.1) is 5.69 Å². The largest absolute Gasteiger partial charge is 0.480 e. The number of hydrogen-bond acceptors (Lipinski definition) is 4. The van der Waals surface area contributed by atoms with Crippen LogP contribution in [0.2, 0.25) is 0 Å². The Morgan fingerprint density at radius 2 is 1.50 bits per heavy atom. The summed E-state index contributed by atoms with van der Waals surface area (Å²) >= 11 is 0. The molecule has 202 valence electrons. The number of amides is 1. The van der Waals surface area contributed by atoms with Gasteiger partial charge in [-0.25, -0.2) is 9.78 Å². The molecule has 7 heteroatoms. The highest BCUT2D eigenvalue weighted by atomic mass is 16.4. The molecular formula is C33H31N3O4. The van der Waals surface area contributed by atoms with Crippen LogP contribution in [0.5, 0.6) is 0 Å². The second kappa shape index (κ2) is 12.3. The summed E-state index contributed by atoms with van der Waals surface area (Å²) in [6, 6.07) is 29.8. The quantitative estimate of drug-likeness (QED) is 0.218. The first-order chi connectivity index (χ1) is 19.5. The molecule has 5 rings (SSSR count). The Kier molecular flexibility index (Phi) is 8.21. The Balaban J connectivity index is 1.32. The van der Waals surface area contributed by atoms with E-state index in [2.05, 4.69) is 0 Å². The highest BCUT2D eigenvalue weighted by Crippen LogP contribution is 2.23. The van der Waals surface area contributed by atoms with Gasteiger partial charge in [-0.3, -0.25) is 4.79 Å². The van der Waals surface area contributed by atoms with Crippen LogP contribution in [-0.2, 0) is 24.2 Å². The van der Waals surface area contributed by atoms with Crippen LogP contribution in [0, 0.1) is 6.92 Å². The summed E-state index contributed by atoms with van der Waals surface area (Å²) in [5, 5.41) is 9.71. The van der Waals surface area contributed by atoms with Crippen molar-refractivity contribution in [2.75, 3.05) is 6.54 Å². The number of aryl methyl sites for hydroxylation is 1. The van der Waals surface area contributed by atoms with Gasteiger partial charge in [0.2, 0.25) is 5.89 Å². The minimum absolute atomic E-state index is 0.0624. The van der Waals surface area contributed by atoms with Crippen molar-refractivity contribution >= 4 is 11.9 Å². The van der Waals surface area contributed by atoms with Crippen LogP contribution in [0.3, 0.4) is 0 Å². The number of rotatable bonds is 11. The van der Waals surface area contributed by atoms with Crippen molar-refractivity contribution in [2.45, 2.75) is 32.4 Å². The summed E-state index contributed by atoms with van der Waals surface area (Å²) in [6.45, 7) is 2.77. The van der Waals surface area contributed by atoms with E-state index in [1.165, 1.54) is 0 Å². The van der Waals surface area contributed by atoms with E-state index in [1.807, 2.05) is 109 Å². The minimum atomic E-state index is -0.876. The molecule has 0 aliphatic heterocycles. The fourth-order valence-electron chi connectivity index (χ4n) is 4.72. The molecule has 0 aliphatic carbocycles. The number of carbonyl (C=O) groups excluding carboxylic acids is 1. The summed E-state index contributed by atoms with van der Waals surface area (Å²) in [6.07, 6.45) is 4.45. The van der Waals surface area contributed by atoms with Gasteiger partial charge in [0.15, 0.2) is 0 Å². The first-order valence-corrected chi connectivity index (χ1v) is 13.3. The van der Waals surface area contributed by atoms with Crippen LogP contribution < -0.4 is 0 Å². The minimum Gasteiger partial charge on any atom is -0.480 e. The van der Waals surface area contributed by atoms with E-state index < -0.39 is 12.0 Å². The van der Waals surface area contributed by atoms with E-state index in [-0.39, 0.29) is 5.91 Å². The standard InChI is InChI=1S/C33H31N3O4/c1-24-29(34-31(40-24)27-10-4-2-5-11-27)18-21-36(32(37)28-12-6-3-7-13-28)23-26-16-14-25(15-17-26)22-30(33(38)39)35-19-8-9-20-35/h2-17,19-20,30H,18,21-23H2,1H3,(H,38,39). The van der Waals surface area contributed by atoms with Gasteiger partial charge in [0.1, 0.15) is 11.8 Å². The predicted octanol–water partition coefficient (Wildman–Crippen LogP) is 6.21. The highest BCUT2D eigenvalue weighted by molar-refractivity contribution is 5.94. The van der Waals surface area contributed by atoms with Gasteiger partial charge in [0, 0.05) is 49.5 Å². The zero-order chi connectivity index (χ0) is 27.9. The number of aromatic nitrogens is 2. The average molecular weight is 534 g/mol. The number of nitrogens with zero attached hydrogens (tertiary/aromatic N) is 3. The molecule has 1 unspecified atom stereocenters. The molecule has 0 saturated heterocycles. The average Bonchev–Trinajstić information content (AvgIpc) is 3.65. The van der Waals surface area contributed by atoms with Crippen LogP contribution >= 0.6 is 0 Å². The number of carboxylic acid groups (broad SMARTS) is 1. The Bertz CT molecular complexity index is 1540. The molecule has 2 aromatic heterocycles. The smallest absolute Gasteiger partial charge is 0.327 e. The van der Waals surface area contributed by atoms with Crippen molar-refractivity contribution in [3.05, 3.63) is 138 Å². The van der Waals surface area contributed by atoms with Gasteiger partial charge in [-0.15, -0.1) is 0 Å². The normalized spacial score (nSPS) is 11.7. The van der Waals surface area contributed by atoms with Crippen LogP contribution in [0.1, 0.15) is 39.0 Å². The van der Waals surface area contributed by atoms with Gasteiger partial charge >= 0.3 is 5.97 Å². The maximum absolute atomic E-state index is 13.5. The first kappa shape index (κ1) is 26.7. The van der Waals surface area contributed by atoms with Crippen molar-refractivity contribution in [3.8, 4) is 11.5 Å². The first-order valence-electron chi connectivity index (χ1n) is 13.3. The molecule has 0 bridgehead atoms. The van der Waals surface area contributed by atoms with Crippen molar-refractivity contribution in [1.82, 2.24) is 14.5 Å². The van der Waals surface area contributed by atoms with Crippen LogP contribution in [0.4, 0.5) is 0 Å². The van der Waals surface area contributed by atoms with Crippen LogP contribution in [-0.4, -0.2) is 38.0 Å². The topological polar surface area (TPSA) is 88.6 Å². The summed E-state index contributed by atoms with van der Waals surface area (Å²) in [4.78, 5) is 31.9. The van der Waals surface area contributed by atoms with Gasteiger partial charge in [-0.2, -0.15) is 0 Å². The second-order valence-electron chi connectivity index (χ2n) is 9.74. The highest BCUT2D eigenvalue weighted by Gasteiger charge is 2.21. The maximum atomic E-state index is 13.5. The number of aliphatic carboxylic acids is 1. The van der Waals surface area contributed by atoms with E-state index in [1.54, 1.807) is 17.0 Å². The van der Waals surface area contributed by atoms with E-state index in [0.29, 0.717) is 37.4 Å². The molecule has 1 amide bonds. The molecule has 2 heterocycles. The van der Waals surface area contributed by atoms with Gasteiger partial charge in [-0.1, -0.05) is 60.7 Å². The van der Waals surface area contributed by atoms with Gasteiger partial charge in [0.25, 0.3) is 5.91 Å². The molecule has 7 nitrogen and oxygen atoms in total. The lowest BCUT2D eigenvalue weighted by atomic mass is 10.0. The molecule has 3 aromatic carbocycles. The second-order valence-corrected chi connectivity index (χ2v) is 9.74.